The maximum atomic E-state index is 12.2. The lowest BCUT2D eigenvalue weighted by Gasteiger charge is -2.30. The highest BCUT2D eigenvalue weighted by Crippen LogP contribution is 2.20. The number of aliphatic carboxylic acids is 1. The van der Waals surface area contributed by atoms with E-state index in [0.29, 0.717) is 23.7 Å². The average molecular weight is 300 g/mol. The van der Waals surface area contributed by atoms with Gasteiger partial charge < -0.3 is 10.0 Å². The molecule has 1 amide bonds. The summed E-state index contributed by atoms with van der Waals surface area (Å²) in [6, 6.07) is 0. The quantitative estimate of drug-likeness (QED) is 0.917. The molecule has 1 aliphatic heterocycles. The zero-order valence-corrected chi connectivity index (χ0v) is 12.4. The molecule has 0 aliphatic carbocycles. The second-order valence-electron chi connectivity index (χ2n) is 5.16. The molecule has 2 heterocycles. The van der Waals surface area contributed by atoms with Gasteiger partial charge in [-0.25, -0.2) is 0 Å². The van der Waals surface area contributed by atoms with Crippen LogP contribution in [-0.4, -0.2) is 44.8 Å². The number of aryl methyl sites for hydroxylation is 1. The Morgan fingerprint density at radius 2 is 2.15 bits per heavy atom. The first-order valence-corrected chi connectivity index (χ1v) is 6.98. The van der Waals surface area contributed by atoms with Crippen LogP contribution in [0.25, 0.3) is 0 Å². The predicted octanol–water partition coefficient (Wildman–Crippen LogP) is 1.48. The highest BCUT2D eigenvalue weighted by Gasteiger charge is 2.28. The molecule has 1 aliphatic rings. The number of amides is 1. The summed E-state index contributed by atoms with van der Waals surface area (Å²) in [5, 5.41) is 13.8. The second-order valence-corrected chi connectivity index (χ2v) is 5.54. The lowest BCUT2D eigenvalue weighted by Crippen LogP contribution is -2.43. The number of hydrogen-bond acceptors (Lipinski definition) is 3. The normalized spacial score (nSPS) is 19.1. The van der Waals surface area contributed by atoms with E-state index in [9.17, 15) is 9.59 Å². The van der Waals surface area contributed by atoms with Crippen molar-refractivity contribution in [3.8, 4) is 0 Å². The monoisotopic (exact) mass is 299 g/mol. The minimum atomic E-state index is -0.836. The largest absolute Gasteiger partial charge is 0.481 e. The van der Waals surface area contributed by atoms with E-state index < -0.39 is 11.9 Å². The van der Waals surface area contributed by atoms with Crippen molar-refractivity contribution < 1.29 is 14.7 Å². The van der Waals surface area contributed by atoms with Gasteiger partial charge in [-0.2, -0.15) is 5.10 Å². The summed E-state index contributed by atoms with van der Waals surface area (Å²) >= 11 is 6.05. The van der Waals surface area contributed by atoms with Crippen LogP contribution in [0.1, 0.15) is 24.2 Å². The molecule has 1 aromatic heterocycles. The Kier molecular flexibility index (Phi) is 4.32. The summed E-state index contributed by atoms with van der Waals surface area (Å²) in [4.78, 5) is 24.9. The lowest BCUT2D eigenvalue weighted by molar-refractivity contribution is -0.145. The minimum Gasteiger partial charge on any atom is -0.481 e. The fourth-order valence-electron chi connectivity index (χ4n) is 2.46. The van der Waals surface area contributed by atoms with Gasteiger partial charge in [0.05, 0.1) is 22.3 Å². The average Bonchev–Trinajstić information content (AvgIpc) is 2.66. The molecule has 1 saturated heterocycles. The summed E-state index contributed by atoms with van der Waals surface area (Å²) in [6.07, 6.45) is 1.35. The van der Waals surface area contributed by atoms with Gasteiger partial charge in [0.15, 0.2) is 0 Å². The van der Waals surface area contributed by atoms with Gasteiger partial charge >= 0.3 is 5.97 Å². The molecule has 0 radical (unpaired) electrons. The summed E-state index contributed by atoms with van der Waals surface area (Å²) in [6.45, 7) is 4.59. The number of carbonyl (C=O) groups excluding carboxylic acids is 1. The van der Waals surface area contributed by atoms with E-state index in [1.54, 1.807) is 16.5 Å². The first-order chi connectivity index (χ1) is 9.40. The van der Waals surface area contributed by atoms with Gasteiger partial charge in [-0.15, -0.1) is 0 Å². The summed E-state index contributed by atoms with van der Waals surface area (Å²) in [5.74, 6) is -1.41. The predicted molar refractivity (Wildman–Crippen MR) is 73.7 cm³/mol. The van der Waals surface area contributed by atoms with Gasteiger partial charge in [0, 0.05) is 13.1 Å². The molecule has 20 heavy (non-hydrogen) atoms. The number of nitrogens with zero attached hydrogens (tertiary/aromatic N) is 3. The van der Waals surface area contributed by atoms with Crippen LogP contribution in [0.5, 0.6) is 0 Å². The lowest BCUT2D eigenvalue weighted by atomic mass is 9.98. The van der Waals surface area contributed by atoms with Crippen molar-refractivity contribution >= 4 is 23.5 Å². The van der Waals surface area contributed by atoms with Crippen LogP contribution in [0.2, 0.25) is 5.02 Å². The van der Waals surface area contributed by atoms with Gasteiger partial charge in [-0.3, -0.25) is 14.3 Å². The van der Waals surface area contributed by atoms with Gasteiger partial charge in [0.1, 0.15) is 6.54 Å². The van der Waals surface area contributed by atoms with Crippen LogP contribution in [0, 0.1) is 19.8 Å². The summed E-state index contributed by atoms with van der Waals surface area (Å²) in [7, 11) is 0. The number of aromatic nitrogens is 2. The molecular formula is C13H18ClN3O3. The van der Waals surface area contributed by atoms with Crippen molar-refractivity contribution in [2.24, 2.45) is 5.92 Å². The van der Waals surface area contributed by atoms with E-state index in [4.69, 9.17) is 16.7 Å². The Balaban J connectivity index is 2.04. The number of rotatable bonds is 3. The first kappa shape index (κ1) is 14.8. The van der Waals surface area contributed by atoms with E-state index in [2.05, 4.69) is 5.10 Å². The van der Waals surface area contributed by atoms with Crippen molar-refractivity contribution in [1.82, 2.24) is 14.7 Å². The number of hydrogen-bond donors (Lipinski definition) is 1. The molecule has 0 spiro atoms. The van der Waals surface area contributed by atoms with Crippen LogP contribution < -0.4 is 0 Å². The number of carboxylic acid groups (broad SMARTS) is 1. The molecule has 110 valence electrons. The van der Waals surface area contributed by atoms with E-state index in [1.165, 1.54) is 0 Å². The SMILES string of the molecule is Cc1nn(CC(=O)N2CCC[C@H](C(=O)O)C2)c(C)c1Cl. The van der Waals surface area contributed by atoms with E-state index in [-0.39, 0.29) is 19.0 Å². The molecule has 0 saturated carbocycles. The van der Waals surface area contributed by atoms with Gasteiger partial charge in [0.25, 0.3) is 0 Å². The van der Waals surface area contributed by atoms with Crippen LogP contribution >= 0.6 is 11.6 Å². The minimum absolute atomic E-state index is 0.103. The molecule has 0 aromatic carbocycles. The Hall–Kier alpha value is -1.56. The Bertz CT molecular complexity index is 541. The summed E-state index contributed by atoms with van der Waals surface area (Å²) < 4.78 is 1.57. The van der Waals surface area contributed by atoms with Crippen LogP contribution in [0.4, 0.5) is 0 Å². The topological polar surface area (TPSA) is 75.4 Å². The highest BCUT2D eigenvalue weighted by molar-refractivity contribution is 6.31. The van der Waals surface area contributed by atoms with Gasteiger partial charge in [-0.1, -0.05) is 11.6 Å². The number of carboxylic acids is 1. The molecule has 2 rings (SSSR count). The Labute approximate surface area is 122 Å². The molecule has 0 bridgehead atoms. The van der Waals surface area contributed by atoms with Crippen molar-refractivity contribution in [2.45, 2.75) is 33.2 Å². The second kappa shape index (κ2) is 5.83. The van der Waals surface area contributed by atoms with Crippen molar-refractivity contribution in [1.29, 1.82) is 0 Å². The molecular weight excluding hydrogens is 282 g/mol. The maximum Gasteiger partial charge on any atom is 0.308 e. The Morgan fingerprint density at radius 1 is 1.45 bits per heavy atom. The Morgan fingerprint density at radius 3 is 2.70 bits per heavy atom. The van der Waals surface area contributed by atoms with Crippen molar-refractivity contribution in [2.75, 3.05) is 13.1 Å². The zero-order valence-electron chi connectivity index (χ0n) is 11.6. The zero-order chi connectivity index (χ0) is 14.9. The number of carbonyl (C=O) groups is 2. The fourth-order valence-corrected chi connectivity index (χ4v) is 2.60. The number of piperidine rings is 1. The van der Waals surface area contributed by atoms with E-state index >= 15 is 0 Å². The van der Waals surface area contributed by atoms with Gasteiger partial charge in [0.2, 0.25) is 5.91 Å². The van der Waals surface area contributed by atoms with Crippen LogP contribution in [0.3, 0.4) is 0 Å². The van der Waals surface area contributed by atoms with Crippen molar-refractivity contribution in [3.05, 3.63) is 16.4 Å². The molecule has 1 aromatic rings. The highest BCUT2D eigenvalue weighted by atomic mass is 35.5. The molecule has 0 unspecified atom stereocenters. The first-order valence-electron chi connectivity index (χ1n) is 6.60. The van der Waals surface area contributed by atoms with Gasteiger partial charge in [-0.05, 0) is 26.7 Å². The van der Waals surface area contributed by atoms with Crippen LogP contribution in [-0.2, 0) is 16.1 Å². The number of halogens is 1. The smallest absolute Gasteiger partial charge is 0.308 e. The van der Waals surface area contributed by atoms with Crippen LogP contribution in [0.15, 0.2) is 0 Å². The number of likely N-dealkylation sites (tertiary alicyclic amines) is 1. The third kappa shape index (κ3) is 2.95. The third-order valence-electron chi connectivity index (χ3n) is 3.70. The molecule has 1 atom stereocenters. The standard InChI is InChI=1S/C13H18ClN3O3/c1-8-12(14)9(2)17(15-8)7-11(18)16-5-3-4-10(6-16)13(19)20/h10H,3-7H2,1-2H3,(H,19,20)/t10-/m0/s1. The van der Waals surface area contributed by atoms with E-state index in [1.807, 2.05) is 6.92 Å². The molecule has 1 fully saturated rings. The summed E-state index contributed by atoms with van der Waals surface area (Å²) in [5.41, 5.74) is 1.45. The van der Waals surface area contributed by atoms with Crippen molar-refractivity contribution in [3.63, 3.8) is 0 Å². The molecule has 7 heteroatoms. The van der Waals surface area contributed by atoms with E-state index in [0.717, 1.165) is 12.1 Å². The maximum absolute atomic E-state index is 12.2. The fraction of sp³-hybridized carbons (Fsp3) is 0.615. The molecule has 1 N–H and O–H groups in total. The molecule has 6 nitrogen and oxygen atoms in total. The third-order valence-corrected chi connectivity index (χ3v) is 4.25.